The molecule has 0 aliphatic carbocycles. The Hall–Kier alpha value is -4.70. The zero-order valence-corrected chi connectivity index (χ0v) is 21.0. The van der Waals surface area contributed by atoms with Crippen molar-refractivity contribution in [3.05, 3.63) is 93.8 Å². The summed E-state index contributed by atoms with van der Waals surface area (Å²) in [5.74, 6) is -0.723. The number of rotatable bonds is 8. The minimum Gasteiger partial charge on any atom is -0.493 e. The number of halogens is 1. The number of methoxy groups -OCH3 is 2. The van der Waals surface area contributed by atoms with E-state index < -0.39 is 17.8 Å². The molecule has 1 aliphatic rings. The summed E-state index contributed by atoms with van der Waals surface area (Å²) in [5.41, 5.74) is 1.80. The van der Waals surface area contributed by atoms with Crippen molar-refractivity contribution in [3.8, 4) is 23.0 Å². The lowest BCUT2D eigenvalue weighted by Crippen LogP contribution is -2.29. The number of nitrogens with zero attached hydrogens (tertiary/aromatic N) is 3. The van der Waals surface area contributed by atoms with Gasteiger partial charge in [0, 0.05) is 16.1 Å². The van der Waals surface area contributed by atoms with Crippen molar-refractivity contribution >= 4 is 29.4 Å². The fourth-order valence-corrected chi connectivity index (χ4v) is 4.19. The largest absolute Gasteiger partial charge is 0.493 e. The number of hydrogen-bond donors (Lipinski definition) is 0. The minimum absolute atomic E-state index is 0.0926. The number of ether oxygens (including phenoxy) is 3. The molecule has 1 aromatic heterocycles. The van der Waals surface area contributed by atoms with Crippen molar-refractivity contribution in [1.29, 1.82) is 0 Å². The smallest absolute Gasteiger partial charge is 0.338 e. The molecule has 11 heteroatoms. The summed E-state index contributed by atoms with van der Waals surface area (Å²) in [7, 11) is 2.84. The third-order valence-corrected chi connectivity index (χ3v) is 6.13. The van der Waals surface area contributed by atoms with E-state index in [1.807, 2.05) is 0 Å². The molecule has 192 valence electrons. The van der Waals surface area contributed by atoms with Crippen LogP contribution in [-0.2, 0) is 17.9 Å². The van der Waals surface area contributed by atoms with Crippen molar-refractivity contribution in [2.24, 2.45) is 0 Å². The van der Waals surface area contributed by atoms with E-state index >= 15 is 0 Å². The van der Waals surface area contributed by atoms with E-state index in [2.05, 4.69) is 10.2 Å². The maximum absolute atomic E-state index is 12.9. The van der Waals surface area contributed by atoms with Crippen LogP contribution in [0.5, 0.6) is 11.5 Å². The lowest BCUT2D eigenvalue weighted by atomic mass is 10.1. The summed E-state index contributed by atoms with van der Waals surface area (Å²) < 4.78 is 21.8. The number of hydrogen-bond acceptors (Lipinski definition) is 9. The fourth-order valence-electron chi connectivity index (χ4n) is 4.06. The van der Waals surface area contributed by atoms with Gasteiger partial charge in [-0.05, 0) is 48.5 Å². The molecule has 0 N–H and O–H groups in total. The van der Waals surface area contributed by atoms with Gasteiger partial charge < -0.3 is 18.6 Å². The first kappa shape index (κ1) is 25.0. The Morgan fingerprint density at radius 2 is 1.63 bits per heavy atom. The Bertz CT molecular complexity index is 1510. The number of carbonyl (C=O) groups excluding carboxylic acids is 3. The molecule has 2 heterocycles. The zero-order chi connectivity index (χ0) is 26.8. The van der Waals surface area contributed by atoms with E-state index in [0.717, 1.165) is 4.90 Å². The number of amides is 2. The van der Waals surface area contributed by atoms with Gasteiger partial charge in [-0.25, -0.2) is 4.79 Å². The molecule has 0 atom stereocenters. The predicted octanol–water partition coefficient (Wildman–Crippen LogP) is 4.56. The van der Waals surface area contributed by atoms with E-state index in [1.165, 1.54) is 26.4 Å². The maximum atomic E-state index is 12.9. The highest BCUT2D eigenvalue weighted by atomic mass is 35.5. The van der Waals surface area contributed by atoms with Crippen molar-refractivity contribution in [2.75, 3.05) is 14.2 Å². The number of esters is 1. The third-order valence-electron chi connectivity index (χ3n) is 5.88. The van der Waals surface area contributed by atoms with Crippen LogP contribution < -0.4 is 9.47 Å². The van der Waals surface area contributed by atoms with Crippen molar-refractivity contribution < 1.29 is 33.0 Å². The van der Waals surface area contributed by atoms with Crippen LogP contribution in [0.25, 0.3) is 11.5 Å². The normalized spacial score (nSPS) is 12.4. The first-order valence-electron chi connectivity index (χ1n) is 11.3. The standard InChI is InChI=1S/C27H20ClN3O7/c1-35-21-12-16(27(34)37-14-22-29-30-24(38-22)15-7-9-18(28)10-8-15)11-17(23(21)36-2)13-31-25(32)19-5-3-4-6-20(19)26(31)33/h3-12H,13-14H2,1-2H3. The van der Waals surface area contributed by atoms with Crippen LogP contribution in [0, 0.1) is 0 Å². The van der Waals surface area contributed by atoms with Gasteiger partial charge in [0.15, 0.2) is 18.1 Å². The van der Waals surface area contributed by atoms with E-state index in [0.29, 0.717) is 27.3 Å². The van der Waals surface area contributed by atoms with Crippen molar-refractivity contribution in [1.82, 2.24) is 15.1 Å². The van der Waals surface area contributed by atoms with E-state index in [4.69, 9.17) is 30.2 Å². The fraction of sp³-hybridized carbons (Fsp3) is 0.148. The van der Waals surface area contributed by atoms with Gasteiger partial charge in [0.05, 0.1) is 37.5 Å². The van der Waals surface area contributed by atoms with Gasteiger partial charge in [-0.3, -0.25) is 14.5 Å². The molecule has 0 saturated carbocycles. The van der Waals surface area contributed by atoms with E-state index in [-0.39, 0.29) is 42.0 Å². The maximum Gasteiger partial charge on any atom is 0.338 e. The van der Waals surface area contributed by atoms with Crippen molar-refractivity contribution in [3.63, 3.8) is 0 Å². The molecule has 3 aromatic carbocycles. The van der Waals surface area contributed by atoms with E-state index in [9.17, 15) is 14.4 Å². The van der Waals surface area contributed by atoms with Crippen LogP contribution in [0.1, 0.15) is 42.5 Å². The second-order valence-electron chi connectivity index (χ2n) is 8.20. The van der Waals surface area contributed by atoms with Crippen LogP contribution in [0.15, 0.2) is 65.1 Å². The number of carbonyl (C=O) groups is 3. The quantitative estimate of drug-likeness (QED) is 0.237. The highest BCUT2D eigenvalue weighted by Crippen LogP contribution is 2.35. The van der Waals surface area contributed by atoms with Gasteiger partial charge in [-0.15, -0.1) is 10.2 Å². The van der Waals surface area contributed by atoms with Crippen LogP contribution in [0.3, 0.4) is 0 Å². The Balaban J connectivity index is 1.35. The summed E-state index contributed by atoms with van der Waals surface area (Å²) in [6.45, 7) is -0.414. The number of aromatic nitrogens is 2. The number of fused-ring (bicyclic) bond motifs is 1. The highest BCUT2D eigenvalue weighted by Gasteiger charge is 2.36. The third kappa shape index (κ3) is 4.69. The summed E-state index contributed by atoms with van der Waals surface area (Å²) in [6, 6.07) is 16.3. The molecule has 0 fully saturated rings. The van der Waals surface area contributed by atoms with Gasteiger partial charge in [-0.1, -0.05) is 23.7 Å². The number of imide groups is 1. The first-order valence-corrected chi connectivity index (χ1v) is 11.7. The summed E-state index contributed by atoms with van der Waals surface area (Å²) in [5, 5.41) is 8.44. The average Bonchev–Trinajstić information content (AvgIpc) is 3.51. The van der Waals surface area contributed by atoms with Crippen molar-refractivity contribution in [2.45, 2.75) is 13.2 Å². The van der Waals surface area contributed by atoms with Gasteiger partial charge in [0.2, 0.25) is 5.89 Å². The molecule has 0 saturated heterocycles. The van der Waals surface area contributed by atoms with Crippen LogP contribution in [-0.4, -0.2) is 47.1 Å². The Morgan fingerprint density at radius 3 is 2.26 bits per heavy atom. The molecule has 0 spiro atoms. The molecule has 0 unspecified atom stereocenters. The SMILES string of the molecule is COc1cc(C(=O)OCc2nnc(-c3ccc(Cl)cc3)o2)cc(CN2C(=O)c3ccccc3C2=O)c1OC. The average molecular weight is 534 g/mol. The molecule has 4 aromatic rings. The molecular formula is C27H20ClN3O7. The zero-order valence-electron chi connectivity index (χ0n) is 20.3. The minimum atomic E-state index is -0.708. The summed E-state index contributed by atoms with van der Waals surface area (Å²) in [6.07, 6.45) is 0. The van der Waals surface area contributed by atoms with Crippen LogP contribution >= 0.6 is 11.6 Å². The van der Waals surface area contributed by atoms with Crippen LogP contribution in [0.4, 0.5) is 0 Å². The van der Waals surface area contributed by atoms with Gasteiger partial charge in [0.1, 0.15) is 0 Å². The Morgan fingerprint density at radius 1 is 0.947 bits per heavy atom. The molecule has 38 heavy (non-hydrogen) atoms. The predicted molar refractivity (Wildman–Crippen MR) is 134 cm³/mol. The second-order valence-corrected chi connectivity index (χ2v) is 8.63. The molecule has 0 bridgehead atoms. The highest BCUT2D eigenvalue weighted by molar-refractivity contribution is 6.30. The lowest BCUT2D eigenvalue weighted by Gasteiger charge is -2.19. The second kappa shape index (κ2) is 10.3. The molecule has 2 amide bonds. The van der Waals surface area contributed by atoms with Crippen LogP contribution in [0.2, 0.25) is 5.02 Å². The van der Waals surface area contributed by atoms with Gasteiger partial charge >= 0.3 is 5.97 Å². The molecule has 10 nitrogen and oxygen atoms in total. The lowest BCUT2D eigenvalue weighted by molar-refractivity contribution is 0.0438. The molecule has 5 rings (SSSR count). The summed E-state index contributed by atoms with van der Waals surface area (Å²) in [4.78, 5) is 39.8. The van der Waals surface area contributed by atoms with E-state index in [1.54, 1.807) is 48.5 Å². The molecule has 0 radical (unpaired) electrons. The molecule has 1 aliphatic heterocycles. The molecular weight excluding hydrogens is 514 g/mol. The van der Waals surface area contributed by atoms with Gasteiger partial charge in [0.25, 0.3) is 17.7 Å². The number of benzene rings is 3. The Labute approximate surface area is 221 Å². The topological polar surface area (TPSA) is 121 Å². The summed E-state index contributed by atoms with van der Waals surface area (Å²) >= 11 is 5.90. The monoisotopic (exact) mass is 533 g/mol. The van der Waals surface area contributed by atoms with Gasteiger partial charge in [-0.2, -0.15) is 0 Å². The first-order chi connectivity index (χ1) is 18.4. The Kier molecular flexibility index (Phi) is 6.80.